The van der Waals surface area contributed by atoms with Crippen LogP contribution < -0.4 is 0 Å². The molecule has 0 amide bonds. The molecule has 1 heterocycles. The minimum atomic E-state index is -0.293. The third-order valence-corrected chi connectivity index (χ3v) is 1.55. The van der Waals surface area contributed by atoms with Crippen LogP contribution >= 0.6 is 0 Å². The van der Waals surface area contributed by atoms with E-state index in [9.17, 15) is 4.79 Å². The van der Waals surface area contributed by atoms with Crippen molar-refractivity contribution in [1.82, 2.24) is 4.98 Å². The number of hydrogen-bond donors (Lipinski definition) is 0. The number of hydrogen-bond acceptors (Lipinski definition) is 3. The fourth-order valence-electron chi connectivity index (χ4n) is 0.945. The van der Waals surface area contributed by atoms with Gasteiger partial charge in [-0.3, -0.25) is 4.98 Å². The van der Waals surface area contributed by atoms with Crippen LogP contribution in [0.4, 0.5) is 0 Å². The highest BCUT2D eigenvalue weighted by atomic mass is 16.5. The monoisotopic (exact) mass is 179 g/mol. The Kier molecular flexibility index (Phi) is 3.43. The Balaban J connectivity index is 2.66. The summed E-state index contributed by atoms with van der Waals surface area (Å²) in [5, 5.41) is 0. The van der Waals surface area contributed by atoms with Crippen LogP contribution in [0.15, 0.2) is 18.5 Å². The minimum absolute atomic E-state index is 0.293. The zero-order valence-corrected chi connectivity index (χ0v) is 7.91. The second-order valence-corrected chi connectivity index (χ2v) is 2.89. The molecule has 0 radical (unpaired) electrons. The van der Waals surface area contributed by atoms with Crippen molar-refractivity contribution in [3.05, 3.63) is 29.6 Å². The molecule has 3 heteroatoms. The molecular formula is C10H13NO2. The first kappa shape index (κ1) is 9.71. The van der Waals surface area contributed by atoms with Crippen molar-refractivity contribution < 1.29 is 9.53 Å². The standard InChI is InChI=1S/C10H13NO2/c1-3-4-13-10(12)9-5-8(2)6-11-7-9/h5-7H,3-4H2,1-2H3. The molecule has 0 bridgehead atoms. The van der Waals surface area contributed by atoms with Gasteiger partial charge >= 0.3 is 5.97 Å². The Bertz CT molecular complexity index is 297. The molecule has 0 fully saturated rings. The molecule has 70 valence electrons. The summed E-state index contributed by atoms with van der Waals surface area (Å²) in [6.07, 6.45) is 4.06. The third kappa shape index (κ3) is 2.86. The highest BCUT2D eigenvalue weighted by molar-refractivity contribution is 5.89. The number of nitrogens with zero attached hydrogens (tertiary/aromatic N) is 1. The van der Waals surface area contributed by atoms with Gasteiger partial charge in [-0.2, -0.15) is 0 Å². The van der Waals surface area contributed by atoms with Crippen LogP contribution in [-0.4, -0.2) is 17.6 Å². The summed E-state index contributed by atoms with van der Waals surface area (Å²) in [5.74, 6) is -0.293. The normalized spacial score (nSPS) is 9.69. The van der Waals surface area contributed by atoms with Gasteiger partial charge in [0.05, 0.1) is 12.2 Å². The number of pyridine rings is 1. The summed E-state index contributed by atoms with van der Waals surface area (Å²) in [4.78, 5) is 15.2. The molecule has 0 spiro atoms. The Morgan fingerprint density at radius 3 is 2.92 bits per heavy atom. The van der Waals surface area contributed by atoms with Gasteiger partial charge in [-0.1, -0.05) is 6.92 Å². The molecule has 0 aromatic carbocycles. The van der Waals surface area contributed by atoms with Crippen LogP contribution in [0.2, 0.25) is 0 Å². The van der Waals surface area contributed by atoms with Crippen molar-refractivity contribution in [3.8, 4) is 0 Å². The Morgan fingerprint density at radius 2 is 2.31 bits per heavy atom. The van der Waals surface area contributed by atoms with Crippen LogP contribution in [0.3, 0.4) is 0 Å². The number of esters is 1. The minimum Gasteiger partial charge on any atom is -0.462 e. The highest BCUT2D eigenvalue weighted by Crippen LogP contribution is 2.03. The number of carbonyl (C=O) groups excluding carboxylic acids is 1. The number of aryl methyl sites for hydroxylation is 1. The summed E-state index contributed by atoms with van der Waals surface area (Å²) in [7, 11) is 0. The van der Waals surface area contributed by atoms with Crippen molar-refractivity contribution in [3.63, 3.8) is 0 Å². The molecule has 0 aliphatic heterocycles. The van der Waals surface area contributed by atoms with Gasteiger partial charge in [0.15, 0.2) is 0 Å². The molecule has 0 saturated heterocycles. The van der Waals surface area contributed by atoms with E-state index in [1.165, 1.54) is 6.20 Å². The van der Waals surface area contributed by atoms with Crippen molar-refractivity contribution in [1.29, 1.82) is 0 Å². The molecule has 1 aromatic rings. The number of ether oxygens (including phenoxy) is 1. The Hall–Kier alpha value is -1.38. The fourth-order valence-corrected chi connectivity index (χ4v) is 0.945. The molecule has 0 atom stereocenters. The van der Waals surface area contributed by atoms with Gasteiger partial charge in [0.2, 0.25) is 0 Å². The maximum atomic E-state index is 11.3. The molecule has 0 N–H and O–H groups in total. The Labute approximate surface area is 77.8 Å². The Morgan fingerprint density at radius 1 is 1.54 bits per heavy atom. The van der Waals surface area contributed by atoms with E-state index in [1.54, 1.807) is 12.3 Å². The van der Waals surface area contributed by atoms with Crippen LogP contribution in [-0.2, 0) is 4.74 Å². The lowest BCUT2D eigenvalue weighted by Crippen LogP contribution is -2.06. The zero-order chi connectivity index (χ0) is 9.68. The first-order chi connectivity index (χ1) is 6.24. The molecule has 1 rings (SSSR count). The molecule has 0 unspecified atom stereocenters. The van der Waals surface area contributed by atoms with Crippen LogP contribution in [0, 0.1) is 6.92 Å². The predicted molar refractivity (Wildman–Crippen MR) is 49.5 cm³/mol. The molecule has 3 nitrogen and oxygen atoms in total. The lowest BCUT2D eigenvalue weighted by Gasteiger charge is -2.02. The van der Waals surface area contributed by atoms with E-state index in [-0.39, 0.29) is 5.97 Å². The SMILES string of the molecule is CCCOC(=O)c1cncc(C)c1. The molecule has 13 heavy (non-hydrogen) atoms. The molecule has 0 aliphatic rings. The molecule has 0 aliphatic carbocycles. The second-order valence-electron chi connectivity index (χ2n) is 2.89. The highest BCUT2D eigenvalue weighted by Gasteiger charge is 2.05. The summed E-state index contributed by atoms with van der Waals surface area (Å²) >= 11 is 0. The first-order valence-corrected chi connectivity index (χ1v) is 4.33. The maximum absolute atomic E-state index is 11.3. The van der Waals surface area contributed by atoms with E-state index in [1.807, 2.05) is 13.8 Å². The van der Waals surface area contributed by atoms with Crippen molar-refractivity contribution in [2.24, 2.45) is 0 Å². The fraction of sp³-hybridized carbons (Fsp3) is 0.400. The zero-order valence-electron chi connectivity index (χ0n) is 7.91. The van der Waals surface area contributed by atoms with Gasteiger partial charge in [-0.15, -0.1) is 0 Å². The van der Waals surface area contributed by atoms with Gasteiger partial charge in [-0.05, 0) is 25.0 Å². The summed E-state index contributed by atoms with van der Waals surface area (Å²) < 4.78 is 4.95. The third-order valence-electron chi connectivity index (χ3n) is 1.55. The van der Waals surface area contributed by atoms with Crippen molar-refractivity contribution in [2.45, 2.75) is 20.3 Å². The van der Waals surface area contributed by atoms with Crippen LogP contribution in [0.1, 0.15) is 29.3 Å². The largest absolute Gasteiger partial charge is 0.462 e. The topological polar surface area (TPSA) is 39.2 Å². The van der Waals surface area contributed by atoms with Gasteiger partial charge in [0, 0.05) is 12.4 Å². The van der Waals surface area contributed by atoms with Gasteiger partial charge < -0.3 is 4.74 Å². The average molecular weight is 179 g/mol. The van der Waals surface area contributed by atoms with E-state index in [0.717, 1.165) is 12.0 Å². The first-order valence-electron chi connectivity index (χ1n) is 4.33. The molecule has 0 saturated carbocycles. The molecule has 1 aromatic heterocycles. The van der Waals surface area contributed by atoms with Crippen molar-refractivity contribution >= 4 is 5.97 Å². The number of aromatic nitrogens is 1. The van der Waals surface area contributed by atoms with E-state index in [0.29, 0.717) is 12.2 Å². The maximum Gasteiger partial charge on any atom is 0.339 e. The van der Waals surface area contributed by atoms with E-state index >= 15 is 0 Å². The number of rotatable bonds is 3. The van der Waals surface area contributed by atoms with Crippen LogP contribution in [0.25, 0.3) is 0 Å². The van der Waals surface area contributed by atoms with E-state index in [2.05, 4.69) is 4.98 Å². The summed E-state index contributed by atoms with van der Waals surface area (Å²) in [6.45, 7) is 4.32. The van der Waals surface area contributed by atoms with Crippen LogP contribution in [0.5, 0.6) is 0 Å². The summed E-state index contributed by atoms with van der Waals surface area (Å²) in [5.41, 5.74) is 1.49. The summed E-state index contributed by atoms with van der Waals surface area (Å²) in [6, 6.07) is 1.77. The van der Waals surface area contributed by atoms with Gasteiger partial charge in [0.1, 0.15) is 0 Å². The lowest BCUT2D eigenvalue weighted by atomic mass is 10.2. The van der Waals surface area contributed by atoms with Gasteiger partial charge in [-0.25, -0.2) is 4.79 Å². The smallest absolute Gasteiger partial charge is 0.339 e. The molecular weight excluding hydrogens is 166 g/mol. The van der Waals surface area contributed by atoms with Gasteiger partial charge in [0.25, 0.3) is 0 Å². The second kappa shape index (κ2) is 4.60. The van der Waals surface area contributed by atoms with Crippen molar-refractivity contribution in [2.75, 3.05) is 6.61 Å². The quantitative estimate of drug-likeness (QED) is 0.666. The lowest BCUT2D eigenvalue weighted by molar-refractivity contribution is 0.0504. The van der Waals surface area contributed by atoms with E-state index in [4.69, 9.17) is 4.74 Å². The van der Waals surface area contributed by atoms with E-state index < -0.39 is 0 Å². The number of carbonyl (C=O) groups is 1. The predicted octanol–water partition coefficient (Wildman–Crippen LogP) is 1.96. The average Bonchev–Trinajstić information content (AvgIpc) is 2.14.